The van der Waals surface area contributed by atoms with Crippen LogP contribution in [0.2, 0.25) is 0 Å². The lowest BCUT2D eigenvalue weighted by molar-refractivity contribution is -0.379. The van der Waals surface area contributed by atoms with Crippen LogP contribution in [0.25, 0.3) is 0 Å². The molecule has 19 heteroatoms. The molecular weight excluding hydrogens is 1260 g/mol. The summed E-state index contributed by atoms with van der Waals surface area (Å²) in [7, 11) is 0. The molecule has 3 saturated heterocycles. The quantitative estimate of drug-likeness (QED) is 0.0199. The van der Waals surface area contributed by atoms with Crippen molar-refractivity contribution in [3.8, 4) is 0 Å². The zero-order valence-electron chi connectivity index (χ0n) is 60.7. The Morgan fingerprint density at radius 3 is 1.09 bits per heavy atom. The second-order valence-corrected chi connectivity index (χ2v) is 27.1. The standard InChI is InChI=1S/C80H137NO18/c1-3-5-7-9-11-13-15-17-19-21-23-24-25-26-27-28-29-30-31-32-33-34-35-36-37-38-40-42-44-46-48-50-52-54-56-58-68(86)81-63(64(85)57-55-53-51-49-47-45-43-41-39-22-20-18-16-14-12-10-8-6-4-2)62-94-78-74(92)71(89)76(66(60-83)96-78)99-80-75(93)72(90)77(67(61-84)97-80)98-79-73(91)70(88)69(87)65(59-82)95-79/h5,7,11,13,17,19,23-24,26-27,29-30,32-33,35-36,38,40,63-67,69-80,82-85,87-93H,3-4,6,8-10,12,14-16,18,20-22,25,28,31,34,37,39,41-62H2,1-2H3,(H,81,86)/b7-5-,13-11-,19-17-,24-23-,27-26-,30-29-,33-32-,36-35-,40-38-. The van der Waals surface area contributed by atoms with Crippen LogP contribution >= 0.6 is 0 Å². The molecular formula is C80H137NO18. The Hall–Kier alpha value is -3.55. The van der Waals surface area contributed by atoms with Gasteiger partial charge in [0.05, 0.1) is 38.6 Å². The first-order valence-electron chi connectivity index (χ1n) is 38.6. The van der Waals surface area contributed by atoms with Crippen molar-refractivity contribution in [2.45, 2.75) is 362 Å². The van der Waals surface area contributed by atoms with E-state index in [-0.39, 0.29) is 18.9 Å². The number of aliphatic hydroxyl groups excluding tert-OH is 11. The van der Waals surface area contributed by atoms with E-state index < -0.39 is 124 Å². The van der Waals surface area contributed by atoms with E-state index in [4.69, 9.17) is 28.4 Å². The summed E-state index contributed by atoms with van der Waals surface area (Å²) in [5, 5.41) is 121. The predicted molar refractivity (Wildman–Crippen MR) is 392 cm³/mol. The fraction of sp³-hybridized carbons (Fsp3) is 0.762. The van der Waals surface area contributed by atoms with Gasteiger partial charge in [-0.05, 0) is 83.5 Å². The number of rotatable bonds is 59. The summed E-state index contributed by atoms with van der Waals surface area (Å²) >= 11 is 0. The minimum Gasteiger partial charge on any atom is -0.394 e. The molecule has 0 aliphatic carbocycles. The van der Waals surface area contributed by atoms with Gasteiger partial charge in [0.25, 0.3) is 0 Å². The number of ether oxygens (including phenoxy) is 6. The number of hydrogen-bond donors (Lipinski definition) is 12. The largest absolute Gasteiger partial charge is 0.394 e. The van der Waals surface area contributed by atoms with E-state index in [2.05, 4.69) is 129 Å². The molecule has 1 amide bonds. The van der Waals surface area contributed by atoms with Crippen LogP contribution in [-0.2, 0) is 33.2 Å². The van der Waals surface area contributed by atoms with Crippen molar-refractivity contribution in [1.29, 1.82) is 0 Å². The molecule has 0 saturated carbocycles. The summed E-state index contributed by atoms with van der Waals surface area (Å²) in [6, 6.07) is -0.902. The van der Waals surface area contributed by atoms with Gasteiger partial charge in [-0.25, -0.2) is 0 Å². The van der Waals surface area contributed by atoms with Crippen molar-refractivity contribution in [3.05, 3.63) is 109 Å². The Morgan fingerprint density at radius 2 is 0.697 bits per heavy atom. The molecule has 570 valence electrons. The maximum Gasteiger partial charge on any atom is 0.220 e. The van der Waals surface area contributed by atoms with E-state index in [1.807, 2.05) is 0 Å². The van der Waals surface area contributed by atoms with Crippen molar-refractivity contribution in [3.63, 3.8) is 0 Å². The van der Waals surface area contributed by atoms with Gasteiger partial charge in [-0.15, -0.1) is 0 Å². The van der Waals surface area contributed by atoms with Crippen molar-refractivity contribution < 1.29 is 89.4 Å². The summed E-state index contributed by atoms with van der Waals surface area (Å²) in [6.45, 7) is 1.68. The number of allylic oxidation sites excluding steroid dienone is 18. The molecule has 0 spiro atoms. The van der Waals surface area contributed by atoms with Gasteiger partial charge in [-0.1, -0.05) is 277 Å². The lowest BCUT2D eigenvalue weighted by atomic mass is 9.96. The van der Waals surface area contributed by atoms with Gasteiger partial charge in [0.1, 0.15) is 73.2 Å². The highest BCUT2D eigenvalue weighted by atomic mass is 16.8. The first kappa shape index (κ1) is 89.7. The molecule has 12 N–H and O–H groups in total. The third-order valence-electron chi connectivity index (χ3n) is 18.6. The predicted octanol–water partition coefficient (Wildman–Crippen LogP) is 12.2. The molecule has 0 radical (unpaired) electrons. The molecule has 3 rings (SSSR count). The number of amides is 1. The average Bonchev–Trinajstić information content (AvgIpc) is 0.784. The van der Waals surface area contributed by atoms with Gasteiger partial charge in [0.15, 0.2) is 18.9 Å². The van der Waals surface area contributed by atoms with E-state index in [0.29, 0.717) is 12.8 Å². The second kappa shape index (κ2) is 59.8. The first-order chi connectivity index (χ1) is 48.3. The summed E-state index contributed by atoms with van der Waals surface area (Å²) in [5.74, 6) is -0.257. The van der Waals surface area contributed by atoms with E-state index in [1.165, 1.54) is 96.3 Å². The molecule has 0 aromatic rings. The third kappa shape index (κ3) is 40.3. The zero-order valence-corrected chi connectivity index (χ0v) is 60.7. The fourth-order valence-electron chi connectivity index (χ4n) is 12.4. The molecule has 3 aliphatic rings. The van der Waals surface area contributed by atoms with Gasteiger partial charge < -0.3 is 89.9 Å². The van der Waals surface area contributed by atoms with Crippen molar-refractivity contribution in [2.75, 3.05) is 26.4 Å². The first-order valence-corrected chi connectivity index (χ1v) is 38.6. The van der Waals surface area contributed by atoms with Crippen molar-refractivity contribution in [1.82, 2.24) is 5.32 Å². The SMILES string of the molecule is CC/C=C\C/C=C\C/C=C\C/C=C\C/C=C\C/C=C\C/C=C\C/C=C\C/C=C\CCCCCCCCCC(=O)NC(COC1OC(CO)C(OC2OC(CO)C(OC3OC(CO)C(O)C(O)C3O)C(O)C2O)C(O)C1O)C(O)CCCCCCCCCCCCCCCCCCCCC. The molecule has 17 atom stereocenters. The molecule has 17 unspecified atom stereocenters. The average molecular weight is 1400 g/mol. The molecule has 0 bridgehead atoms. The van der Waals surface area contributed by atoms with Crippen LogP contribution in [0.15, 0.2) is 109 Å². The monoisotopic (exact) mass is 1400 g/mol. The smallest absolute Gasteiger partial charge is 0.220 e. The molecule has 3 fully saturated rings. The highest BCUT2D eigenvalue weighted by molar-refractivity contribution is 5.76. The van der Waals surface area contributed by atoms with Gasteiger partial charge in [-0.3, -0.25) is 4.79 Å². The van der Waals surface area contributed by atoms with Crippen LogP contribution in [-0.4, -0.2) is 193 Å². The van der Waals surface area contributed by atoms with Gasteiger partial charge in [0, 0.05) is 6.42 Å². The molecule has 19 nitrogen and oxygen atoms in total. The number of hydrogen-bond acceptors (Lipinski definition) is 18. The number of nitrogens with one attached hydrogen (secondary N) is 1. The number of aliphatic hydroxyl groups is 11. The summed E-state index contributed by atoms with van der Waals surface area (Å²) in [5.41, 5.74) is 0. The third-order valence-corrected chi connectivity index (χ3v) is 18.6. The number of carbonyl (C=O) groups excluding carboxylic acids is 1. The van der Waals surface area contributed by atoms with Crippen LogP contribution in [0.3, 0.4) is 0 Å². The number of unbranched alkanes of at least 4 members (excludes halogenated alkanes) is 25. The van der Waals surface area contributed by atoms with Crippen molar-refractivity contribution in [2.24, 2.45) is 0 Å². The van der Waals surface area contributed by atoms with Crippen LogP contribution in [0, 0.1) is 0 Å². The summed E-state index contributed by atoms with van der Waals surface area (Å²) in [6.07, 6.45) is 54.4. The Kier molecular flexibility index (Phi) is 54.2. The number of carbonyl (C=O) groups is 1. The Labute approximate surface area is 595 Å². The van der Waals surface area contributed by atoms with Crippen LogP contribution in [0.1, 0.15) is 258 Å². The molecule has 3 aliphatic heterocycles. The fourth-order valence-corrected chi connectivity index (χ4v) is 12.4. The summed E-state index contributed by atoms with van der Waals surface area (Å²) < 4.78 is 34.5. The molecule has 0 aromatic heterocycles. The second-order valence-electron chi connectivity index (χ2n) is 27.1. The molecule has 3 heterocycles. The van der Waals surface area contributed by atoms with E-state index in [9.17, 15) is 61.0 Å². The minimum absolute atomic E-state index is 0.247. The van der Waals surface area contributed by atoms with E-state index in [1.54, 1.807) is 0 Å². The lowest BCUT2D eigenvalue weighted by Gasteiger charge is -2.48. The Morgan fingerprint density at radius 1 is 0.374 bits per heavy atom. The van der Waals surface area contributed by atoms with Gasteiger partial charge >= 0.3 is 0 Å². The lowest BCUT2D eigenvalue weighted by Crippen LogP contribution is -2.66. The van der Waals surface area contributed by atoms with Gasteiger partial charge in [0.2, 0.25) is 5.91 Å². The Bertz CT molecular complexity index is 2220. The van der Waals surface area contributed by atoms with E-state index >= 15 is 0 Å². The maximum absolute atomic E-state index is 13.5. The highest BCUT2D eigenvalue weighted by Crippen LogP contribution is 2.33. The molecule has 0 aromatic carbocycles. The highest BCUT2D eigenvalue weighted by Gasteiger charge is 2.53. The molecule has 99 heavy (non-hydrogen) atoms. The minimum atomic E-state index is -1.98. The maximum atomic E-state index is 13.5. The van der Waals surface area contributed by atoms with Crippen LogP contribution in [0.5, 0.6) is 0 Å². The van der Waals surface area contributed by atoms with Gasteiger partial charge in [-0.2, -0.15) is 0 Å². The van der Waals surface area contributed by atoms with Crippen LogP contribution < -0.4 is 5.32 Å². The van der Waals surface area contributed by atoms with Crippen molar-refractivity contribution >= 4 is 5.91 Å². The zero-order chi connectivity index (χ0) is 71.8. The van der Waals surface area contributed by atoms with E-state index in [0.717, 1.165) is 128 Å². The topological polar surface area (TPSA) is 307 Å². The van der Waals surface area contributed by atoms with Crippen LogP contribution in [0.4, 0.5) is 0 Å². The normalized spacial score (nSPS) is 27.2. The summed E-state index contributed by atoms with van der Waals surface area (Å²) in [4.78, 5) is 13.5. The Balaban J connectivity index is 1.38.